The van der Waals surface area contributed by atoms with Crippen molar-refractivity contribution in [2.24, 2.45) is 5.73 Å². The third-order valence-corrected chi connectivity index (χ3v) is 2.63. The minimum absolute atomic E-state index is 0.379. The SMILES string of the molecule is CSc1cccc(C[C@@H](N)C(=O)O)c1. The maximum absolute atomic E-state index is 10.5. The van der Waals surface area contributed by atoms with Crippen LogP contribution in [-0.4, -0.2) is 23.4 Å². The van der Waals surface area contributed by atoms with E-state index in [-0.39, 0.29) is 0 Å². The van der Waals surface area contributed by atoms with Crippen molar-refractivity contribution in [2.75, 3.05) is 6.26 Å². The maximum atomic E-state index is 10.5. The molecule has 0 amide bonds. The quantitative estimate of drug-likeness (QED) is 0.738. The van der Waals surface area contributed by atoms with Crippen molar-refractivity contribution in [3.63, 3.8) is 0 Å². The van der Waals surface area contributed by atoms with Crippen LogP contribution >= 0.6 is 11.8 Å². The molecule has 1 aromatic rings. The highest BCUT2D eigenvalue weighted by atomic mass is 32.2. The van der Waals surface area contributed by atoms with Gasteiger partial charge in [0, 0.05) is 4.90 Å². The molecule has 0 bridgehead atoms. The summed E-state index contributed by atoms with van der Waals surface area (Å²) in [7, 11) is 0. The Labute approximate surface area is 87.3 Å². The van der Waals surface area contributed by atoms with Crippen molar-refractivity contribution in [3.8, 4) is 0 Å². The Balaban J connectivity index is 2.71. The highest BCUT2D eigenvalue weighted by molar-refractivity contribution is 7.98. The van der Waals surface area contributed by atoms with E-state index in [9.17, 15) is 4.79 Å². The van der Waals surface area contributed by atoms with Crippen molar-refractivity contribution in [2.45, 2.75) is 17.4 Å². The summed E-state index contributed by atoms with van der Waals surface area (Å²) in [4.78, 5) is 11.7. The summed E-state index contributed by atoms with van der Waals surface area (Å²) < 4.78 is 0. The van der Waals surface area contributed by atoms with E-state index in [1.165, 1.54) is 0 Å². The van der Waals surface area contributed by atoms with Crippen LogP contribution in [0, 0.1) is 0 Å². The van der Waals surface area contributed by atoms with Gasteiger partial charge in [-0.05, 0) is 30.4 Å². The Morgan fingerprint density at radius 3 is 2.93 bits per heavy atom. The van der Waals surface area contributed by atoms with Gasteiger partial charge in [0.05, 0.1) is 0 Å². The molecule has 0 aliphatic rings. The van der Waals surface area contributed by atoms with E-state index in [4.69, 9.17) is 10.8 Å². The van der Waals surface area contributed by atoms with Crippen LogP contribution in [0.15, 0.2) is 29.2 Å². The first kappa shape index (κ1) is 11.1. The molecule has 0 saturated carbocycles. The maximum Gasteiger partial charge on any atom is 0.320 e. The molecule has 0 heterocycles. The lowest BCUT2D eigenvalue weighted by Gasteiger charge is -2.07. The monoisotopic (exact) mass is 211 g/mol. The molecule has 0 saturated heterocycles. The molecule has 0 aliphatic carbocycles. The van der Waals surface area contributed by atoms with Crippen LogP contribution in [-0.2, 0) is 11.2 Å². The minimum Gasteiger partial charge on any atom is -0.480 e. The fraction of sp³-hybridized carbons (Fsp3) is 0.300. The Morgan fingerprint density at radius 1 is 1.64 bits per heavy atom. The van der Waals surface area contributed by atoms with Gasteiger partial charge in [-0.1, -0.05) is 12.1 Å². The highest BCUT2D eigenvalue weighted by Crippen LogP contribution is 2.16. The summed E-state index contributed by atoms with van der Waals surface area (Å²) in [5.41, 5.74) is 6.40. The fourth-order valence-electron chi connectivity index (χ4n) is 1.14. The first-order valence-corrected chi connectivity index (χ1v) is 5.47. The van der Waals surface area contributed by atoms with Crippen LogP contribution in [0.2, 0.25) is 0 Å². The van der Waals surface area contributed by atoms with Crippen LogP contribution < -0.4 is 5.73 Å². The molecule has 0 aliphatic heterocycles. The van der Waals surface area contributed by atoms with Gasteiger partial charge in [0.15, 0.2) is 0 Å². The topological polar surface area (TPSA) is 63.3 Å². The van der Waals surface area contributed by atoms with Crippen LogP contribution in [0.3, 0.4) is 0 Å². The Kier molecular flexibility index (Phi) is 3.98. The molecular weight excluding hydrogens is 198 g/mol. The molecule has 14 heavy (non-hydrogen) atoms. The van der Waals surface area contributed by atoms with Gasteiger partial charge in [0.2, 0.25) is 0 Å². The van der Waals surface area contributed by atoms with Crippen LogP contribution in [0.4, 0.5) is 0 Å². The van der Waals surface area contributed by atoms with E-state index in [1.807, 2.05) is 30.5 Å². The van der Waals surface area contributed by atoms with Gasteiger partial charge in [-0.2, -0.15) is 0 Å². The molecule has 0 aromatic heterocycles. The highest BCUT2D eigenvalue weighted by Gasteiger charge is 2.11. The second-order valence-electron chi connectivity index (χ2n) is 3.00. The number of rotatable bonds is 4. The molecule has 3 N–H and O–H groups in total. The summed E-state index contributed by atoms with van der Waals surface area (Å²) in [5.74, 6) is -0.959. The predicted molar refractivity (Wildman–Crippen MR) is 57.5 cm³/mol. The molecule has 76 valence electrons. The van der Waals surface area contributed by atoms with E-state index < -0.39 is 12.0 Å². The normalized spacial score (nSPS) is 12.4. The van der Waals surface area contributed by atoms with E-state index in [1.54, 1.807) is 11.8 Å². The number of carbonyl (C=O) groups is 1. The Bertz CT molecular complexity index is 328. The number of hydrogen-bond acceptors (Lipinski definition) is 3. The van der Waals surface area contributed by atoms with E-state index in [2.05, 4.69) is 0 Å². The average Bonchev–Trinajstić information content (AvgIpc) is 2.18. The van der Waals surface area contributed by atoms with Crippen LogP contribution in [0.5, 0.6) is 0 Å². The average molecular weight is 211 g/mol. The number of carboxylic acids is 1. The second kappa shape index (κ2) is 5.02. The molecule has 0 radical (unpaired) electrons. The lowest BCUT2D eigenvalue weighted by Crippen LogP contribution is -2.32. The molecule has 0 spiro atoms. The molecule has 0 unspecified atom stereocenters. The standard InChI is InChI=1S/C10H13NO2S/c1-14-8-4-2-3-7(5-8)6-9(11)10(12)13/h2-5,9H,6,11H2,1H3,(H,12,13)/t9-/m1/s1. The largest absolute Gasteiger partial charge is 0.480 e. The van der Waals surface area contributed by atoms with Crippen molar-refractivity contribution in [1.82, 2.24) is 0 Å². The Hall–Kier alpha value is -1.00. The number of aliphatic carboxylic acids is 1. The third kappa shape index (κ3) is 3.05. The van der Waals surface area contributed by atoms with Crippen molar-refractivity contribution in [3.05, 3.63) is 29.8 Å². The molecule has 0 fully saturated rings. The van der Waals surface area contributed by atoms with Gasteiger partial charge >= 0.3 is 5.97 Å². The van der Waals surface area contributed by atoms with E-state index >= 15 is 0 Å². The summed E-state index contributed by atoms with van der Waals surface area (Å²) in [6.07, 6.45) is 2.36. The number of benzene rings is 1. The molecule has 3 nitrogen and oxygen atoms in total. The molecule has 1 atom stereocenters. The first-order chi connectivity index (χ1) is 6.63. The number of thioether (sulfide) groups is 1. The third-order valence-electron chi connectivity index (χ3n) is 1.91. The van der Waals surface area contributed by atoms with Gasteiger partial charge in [0.1, 0.15) is 6.04 Å². The minimum atomic E-state index is -0.959. The van der Waals surface area contributed by atoms with E-state index in [0.29, 0.717) is 6.42 Å². The smallest absolute Gasteiger partial charge is 0.320 e. The summed E-state index contributed by atoms with van der Waals surface area (Å²) in [6.45, 7) is 0. The van der Waals surface area contributed by atoms with Crippen molar-refractivity contribution in [1.29, 1.82) is 0 Å². The number of nitrogens with two attached hydrogens (primary N) is 1. The fourth-order valence-corrected chi connectivity index (χ4v) is 1.62. The summed E-state index contributed by atoms with van der Waals surface area (Å²) >= 11 is 1.63. The summed E-state index contributed by atoms with van der Waals surface area (Å²) in [6, 6.07) is 6.94. The second-order valence-corrected chi connectivity index (χ2v) is 3.88. The molecule has 1 aromatic carbocycles. The van der Waals surface area contributed by atoms with Crippen LogP contribution in [0.25, 0.3) is 0 Å². The zero-order valence-corrected chi connectivity index (χ0v) is 8.75. The molecule has 1 rings (SSSR count). The van der Waals surface area contributed by atoms with Crippen LogP contribution in [0.1, 0.15) is 5.56 Å². The van der Waals surface area contributed by atoms with Gasteiger partial charge in [-0.3, -0.25) is 4.79 Å². The molecule has 4 heteroatoms. The lowest BCUT2D eigenvalue weighted by molar-refractivity contribution is -0.138. The number of carboxylic acid groups (broad SMARTS) is 1. The van der Waals surface area contributed by atoms with Crippen molar-refractivity contribution >= 4 is 17.7 Å². The van der Waals surface area contributed by atoms with Gasteiger partial charge in [0.25, 0.3) is 0 Å². The first-order valence-electron chi connectivity index (χ1n) is 4.25. The van der Waals surface area contributed by atoms with Gasteiger partial charge in [-0.15, -0.1) is 11.8 Å². The Morgan fingerprint density at radius 2 is 2.36 bits per heavy atom. The van der Waals surface area contributed by atoms with Gasteiger partial charge in [-0.25, -0.2) is 0 Å². The van der Waals surface area contributed by atoms with E-state index in [0.717, 1.165) is 10.5 Å². The summed E-state index contributed by atoms with van der Waals surface area (Å²) in [5, 5.41) is 8.64. The van der Waals surface area contributed by atoms with Crippen molar-refractivity contribution < 1.29 is 9.90 Å². The van der Waals surface area contributed by atoms with Gasteiger partial charge < -0.3 is 10.8 Å². The zero-order valence-electron chi connectivity index (χ0n) is 7.93. The molecular formula is C10H13NO2S. The lowest BCUT2D eigenvalue weighted by atomic mass is 10.1. The number of hydrogen-bond donors (Lipinski definition) is 2. The zero-order chi connectivity index (χ0) is 10.6. The predicted octanol–water partition coefficient (Wildman–Crippen LogP) is 1.36.